The fraction of sp³-hybridized carbons (Fsp3) is 0.500. The van der Waals surface area contributed by atoms with Gasteiger partial charge in [-0.3, -0.25) is 4.79 Å². The monoisotopic (exact) mass is 326 g/mol. The number of benzene rings is 1. The first-order valence-electron chi connectivity index (χ1n) is 7.26. The lowest BCUT2D eigenvalue weighted by molar-refractivity contribution is -0.121. The lowest BCUT2D eigenvalue weighted by atomic mass is 9.96. The molecule has 1 aliphatic heterocycles. The number of hydrogen-bond donors (Lipinski definition) is 3. The van der Waals surface area contributed by atoms with Gasteiger partial charge in [0.25, 0.3) is 0 Å². The highest BCUT2D eigenvalue weighted by Gasteiger charge is 2.24. The van der Waals surface area contributed by atoms with Crippen molar-refractivity contribution in [3.63, 3.8) is 0 Å². The van der Waals surface area contributed by atoms with Crippen LogP contribution >= 0.6 is 0 Å². The molecule has 22 heavy (non-hydrogen) atoms. The summed E-state index contributed by atoms with van der Waals surface area (Å²) >= 11 is 0. The van der Waals surface area contributed by atoms with Gasteiger partial charge in [0, 0.05) is 24.7 Å². The first-order valence-corrected chi connectivity index (χ1v) is 8.81. The fourth-order valence-electron chi connectivity index (χ4n) is 2.57. The van der Waals surface area contributed by atoms with Crippen LogP contribution in [0.5, 0.6) is 0 Å². The van der Waals surface area contributed by atoms with E-state index >= 15 is 0 Å². The van der Waals surface area contributed by atoms with Crippen molar-refractivity contribution in [1.82, 2.24) is 4.90 Å². The molecular formula is C14H22N4O3S. The van der Waals surface area contributed by atoms with Gasteiger partial charge >= 0.3 is 0 Å². The summed E-state index contributed by atoms with van der Waals surface area (Å²) in [6.45, 7) is 3.25. The summed E-state index contributed by atoms with van der Waals surface area (Å²) < 4.78 is 22.3. The first-order chi connectivity index (χ1) is 10.4. The number of primary sulfonamides is 1. The Labute approximate surface area is 130 Å². The number of carbonyl (C=O) groups excluding carboxylic acids is 1. The van der Waals surface area contributed by atoms with Crippen LogP contribution in [-0.4, -0.2) is 45.4 Å². The molecular weight excluding hydrogens is 304 g/mol. The number of rotatable bonds is 5. The fourth-order valence-corrected chi connectivity index (χ4v) is 3.09. The molecule has 2 rings (SSSR count). The second-order valence-corrected chi connectivity index (χ2v) is 7.02. The van der Waals surface area contributed by atoms with E-state index in [-0.39, 0.29) is 16.7 Å². The number of sulfonamides is 1. The van der Waals surface area contributed by atoms with Gasteiger partial charge in [0.2, 0.25) is 15.9 Å². The Morgan fingerprint density at radius 2 is 1.82 bits per heavy atom. The maximum Gasteiger partial charge on any atom is 0.238 e. The molecule has 1 saturated heterocycles. The lowest BCUT2D eigenvalue weighted by Crippen LogP contribution is -2.40. The summed E-state index contributed by atoms with van der Waals surface area (Å²) in [4.78, 5) is 14.5. The topological polar surface area (TPSA) is 119 Å². The van der Waals surface area contributed by atoms with E-state index in [1.54, 1.807) is 12.1 Å². The van der Waals surface area contributed by atoms with Crippen LogP contribution in [0.3, 0.4) is 0 Å². The predicted molar refractivity (Wildman–Crippen MR) is 84.7 cm³/mol. The van der Waals surface area contributed by atoms with Crippen molar-refractivity contribution in [1.29, 1.82) is 0 Å². The zero-order valence-electron chi connectivity index (χ0n) is 12.4. The second-order valence-electron chi connectivity index (χ2n) is 5.46. The number of nitrogens with two attached hydrogens (primary N) is 2. The Balaban J connectivity index is 1.90. The van der Waals surface area contributed by atoms with Crippen LogP contribution in [0.25, 0.3) is 0 Å². The summed E-state index contributed by atoms with van der Waals surface area (Å²) in [5.74, 6) is -0.0531. The average molecular weight is 326 g/mol. The van der Waals surface area contributed by atoms with Gasteiger partial charge in [-0.25, -0.2) is 13.6 Å². The SMILES string of the molecule is NCCN1CCC(C(=O)Nc2ccc(S(N)(=O)=O)cc2)CC1. The third-order valence-corrected chi connectivity index (χ3v) is 4.78. The quantitative estimate of drug-likeness (QED) is 0.700. The minimum absolute atomic E-state index is 0.0213. The number of nitrogens with one attached hydrogen (secondary N) is 1. The minimum Gasteiger partial charge on any atom is -0.329 e. The molecule has 1 aromatic rings. The normalized spacial score (nSPS) is 17.4. The summed E-state index contributed by atoms with van der Waals surface area (Å²) in [7, 11) is -3.71. The number of carbonyl (C=O) groups is 1. The van der Waals surface area contributed by atoms with Gasteiger partial charge in [-0.15, -0.1) is 0 Å². The third kappa shape index (κ3) is 4.51. The number of piperidine rings is 1. The summed E-state index contributed by atoms with van der Waals surface area (Å²) in [6.07, 6.45) is 1.61. The Kier molecular flexibility index (Phi) is 5.52. The van der Waals surface area contributed by atoms with Gasteiger partial charge in [-0.1, -0.05) is 0 Å². The van der Waals surface area contributed by atoms with Crippen molar-refractivity contribution in [2.45, 2.75) is 17.7 Å². The van der Waals surface area contributed by atoms with E-state index in [1.165, 1.54) is 12.1 Å². The zero-order chi connectivity index (χ0) is 16.2. The van der Waals surface area contributed by atoms with E-state index in [0.29, 0.717) is 12.2 Å². The highest BCUT2D eigenvalue weighted by Crippen LogP contribution is 2.20. The van der Waals surface area contributed by atoms with Crippen molar-refractivity contribution in [2.75, 3.05) is 31.5 Å². The summed E-state index contributed by atoms with van der Waals surface area (Å²) in [6, 6.07) is 5.85. The summed E-state index contributed by atoms with van der Waals surface area (Å²) in [5, 5.41) is 7.85. The lowest BCUT2D eigenvalue weighted by Gasteiger charge is -2.30. The predicted octanol–water partition coefficient (Wildman–Crippen LogP) is -0.0568. The first kappa shape index (κ1) is 16.9. The Morgan fingerprint density at radius 3 is 2.32 bits per heavy atom. The van der Waals surface area contributed by atoms with Crippen LogP contribution in [0.2, 0.25) is 0 Å². The van der Waals surface area contributed by atoms with E-state index in [9.17, 15) is 13.2 Å². The maximum absolute atomic E-state index is 12.2. The second kappa shape index (κ2) is 7.19. The van der Waals surface area contributed by atoms with Crippen LogP contribution in [0.4, 0.5) is 5.69 Å². The van der Waals surface area contributed by atoms with Crippen molar-refractivity contribution in [3.05, 3.63) is 24.3 Å². The largest absolute Gasteiger partial charge is 0.329 e. The Hall–Kier alpha value is -1.48. The average Bonchev–Trinajstić information content (AvgIpc) is 2.48. The van der Waals surface area contributed by atoms with Crippen molar-refractivity contribution < 1.29 is 13.2 Å². The highest BCUT2D eigenvalue weighted by molar-refractivity contribution is 7.89. The van der Waals surface area contributed by atoms with Gasteiger partial charge < -0.3 is 16.0 Å². The minimum atomic E-state index is -3.71. The van der Waals surface area contributed by atoms with Crippen molar-refractivity contribution >= 4 is 21.6 Å². The number of likely N-dealkylation sites (tertiary alicyclic amines) is 1. The Bertz CT molecular complexity index is 607. The molecule has 0 aliphatic carbocycles. The molecule has 0 saturated carbocycles. The molecule has 122 valence electrons. The molecule has 0 bridgehead atoms. The molecule has 0 unspecified atom stereocenters. The zero-order valence-corrected chi connectivity index (χ0v) is 13.2. The smallest absolute Gasteiger partial charge is 0.238 e. The van der Waals surface area contributed by atoms with Crippen LogP contribution in [0.15, 0.2) is 29.2 Å². The molecule has 1 fully saturated rings. The highest BCUT2D eigenvalue weighted by atomic mass is 32.2. The van der Waals surface area contributed by atoms with Gasteiger partial charge in [0.1, 0.15) is 0 Å². The van der Waals surface area contributed by atoms with Gasteiger partial charge in [0.15, 0.2) is 0 Å². The molecule has 0 atom stereocenters. The van der Waals surface area contributed by atoms with E-state index in [0.717, 1.165) is 32.5 Å². The van der Waals surface area contributed by atoms with Crippen LogP contribution < -0.4 is 16.2 Å². The number of hydrogen-bond acceptors (Lipinski definition) is 5. The summed E-state index contributed by atoms with van der Waals surface area (Å²) in [5.41, 5.74) is 6.10. The molecule has 5 N–H and O–H groups in total. The molecule has 8 heteroatoms. The molecule has 1 heterocycles. The van der Waals surface area contributed by atoms with Gasteiger partial charge in [-0.2, -0.15) is 0 Å². The third-order valence-electron chi connectivity index (χ3n) is 3.85. The van der Waals surface area contributed by atoms with Gasteiger partial charge in [0.05, 0.1) is 4.90 Å². The van der Waals surface area contributed by atoms with E-state index in [4.69, 9.17) is 10.9 Å². The van der Waals surface area contributed by atoms with E-state index in [2.05, 4.69) is 10.2 Å². The van der Waals surface area contributed by atoms with Crippen LogP contribution in [-0.2, 0) is 14.8 Å². The molecule has 1 aromatic carbocycles. The number of anilines is 1. The number of nitrogens with zero attached hydrogens (tertiary/aromatic N) is 1. The van der Waals surface area contributed by atoms with Crippen LogP contribution in [0, 0.1) is 5.92 Å². The number of amides is 1. The van der Waals surface area contributed by atoms with E-state index < -0.39 is 10.0 Å². The van der Waals surface area contributed by atoms with E-state index in [1.807, 2.05) is 0 Å². The van der Waals surface area contributed by atoms with Crippen molar-refractivity contribution in [2.24, 2.45) is 16.8 Å². The maximum atomic E-state index is 12.2. The van der Waals surface area contributed by atoms with Crippen LogP contribution in [0.1, 0.15) is 12.8 Å². The standard InChI is InChI=1S/C14H22N4O3S/c15-7-10-18-8-5-11(6-9-18)14(19)17-12-1-3-13(4-2-12)22(16,20)21/h1-4,11H,5-10,15H2,(H,17,19)(H2,16,20,21). The van der Waals surface area contributed by atoms with Crippen molar-refractivity contribution in [3.8, 4) is 0 Å². The molecule has 1 aliphatic rings. The molecule has 1 amide bonds. The molecule has 0 radical (unpaired) electrons. The molecule has 0 aromatic heterocycles. The van der Waals surface area contributed by atoms with Gasteiger partial charge in [-0.05, 0) is 50.2 Å². The Morgan fingerprint density at radius 1 is 1.23 bits per heavy atom. The molecule has 0 spiro atoms. The molecule has 7 nitrogen and oxygen atoms in total.